The van der Waals surface area contributed by atoms with Gasteiger partial charge in [0, 0.05) is 47.9 Å². The molecule has 5 atom stereocenters. The van der Waals surface area contributed by atoms with E-state index in [2.05, 4.69) is 28.6 Å². The lowest BCUT2D eigenvalue weighted by atomic mass is 9.74. The van der Waals surface area contributed by atoms with Crippen LogP contribution >= 0.6 is 0 Å². The molecule has 2 aromatic heterocycles. The van der Waals surface area contributed by atoms with Gasteiger partial charge in [0.15, 0.2) is 0 Å². The van der Waals surface area contributed by atoms with E-state index in [9.17, 15) is 14.9 Å². The number of nitrogens with one attached hydrogen (secondary N) is 2. The molecule has 0 bridgehead atoms. The molecule has 2 aromatic rings. The summed E-state index contributed by atoms with van der Waals surface area (Å²) in [6.45, 7) is 8.75. The highest BCUT2D eigenvalue weighted by Crippen LogP contribution is 2.37. The van der Waals surface area contributed by atoms with E-state index in [-0.39, 0.29) is 35.4 Å². The van der Waals surface area contributed by atoms with Crippen LogP contribution in [0, 0.1) is 35.5 Å². The van der Waals surface area contributed by atoms with Crippen LogP contribution in [0.4, 0.5) is 0 Å². The minimum atomic E-state index is -0.506. The Kier molecular flexibility index (Phi) is 6.82. The van der Waals surface area contributed by atoms with Crippen molar-refractivity contribution in [2.75, 3.05) is 6.54 Å². The van der Waals surface area contributed by atoms with E-state index in [1.807, 2.05) is 46.1 Å². The number of nitriles is 1. The third-order valence-corrected chi connectivity index (χ3v) is 8.15. The zero-order chi connectivity index (χ0) is 24.6. The number of carbonyl (C=O) groups excluding carboxylic acids is 1. The summed E-state index contributed by atoms with van der Waals surface area (Å²) < 4.78 is 1.74. The number of hydrogen-bond donors (Lipinski definition) is 2. The Balaban J connectivity index is 1.50. The minimum absolute atomic E-state index is 0.0130. The maximum atomic E-state index is 13.3. The summed E-state index contributed by atoms with van der Waals surface area (Å²) in [5.41, 5.74) is 2.15. The number of fused-ring (bicyclic) bond motifs is 1. The molecule has 0 aromatic carbocycles. The van der Waals surface area contributed by atoms with Crippen LogP contribution in [-0.4, -0.2) is 34.1 Å². The first-order valence-corrected chi connectivity index (χ1v) is 12.5. The van der Waals surface area contributed by atoms with E-state index >= 15 is 0 Å². The first kappa shape index (κ1) is 24.4. The summed E-state index contributed by atoms with van der Waals surface area (Å²) in [6, 6.07) is 6.41. The smallest absolute Gasteiger partial charge is 0.254 e. The molecule has 7 heteroatoms. The summed E-state index contributed by atoms with van der Waals surface area (Å²) in [5, 5.41) is 17.2. The molecule has 34 heavy (non-hydrogen) atoms. The maximum Gasteiger partial charge on any atom is 0.254 e. The first-order valence-electron chi connectivity index (χ1n) is 12.5. The topological polar surface area (TPSA) is 99.8 Å². The van der Waals surface area contributed by atoms with E-state index in [1.165, 1.54) is 0 Å². The van der Waals surface area contributed by atoms with Gasteiger partial charge in [-0.3, -0.25) is 14.6 Å². The Labute approximate surface area is 201 Å². The molecule has 182 valence electrons. The van der Waals surface area contributed by atoms with Gasteiger partial charge in [-0.25, -0.2) is 0 Å². The van der Waals surface area contributed by atoms with Crippen molar-refractivity contribution in [3.05, 3.63) is 39.9 Å². The largest absolute Gasteiger partial charge is 0.353 e. The maximum absolute atomic E-state index is 13.3. The molecule has 3 heterocycles. The molecule has 1 amide bonds. The van der Waals surface area contributed by atoms with Gasteiger partial charge in [0.05, 0.1) is 17.0 Å². The Hall–Kier alpha value is -2.72. The van der Waals surface area contributed by atoms with Gasteiger partial charge in [-0.15, -0.1) is 0 Å². The summed E-state index contributed by atoms with van der Waals surface area (Å²) in [4.78, 5) is 30.9. The van der Waals surface area contributed by atoms with E-state index in [0.29, 0.717) is 12.3 Å². The number of aryl methyl sites for hydroxylation is 2. The zero-order valence-corrected chi connectivity index (χ0v) is 21.0. The molecule has 5 unspecified atom stereocenters. The molecule has 1 saturated carbocycles. The van der Waals surface area contributed by atoms with Crippen molar-refractivity contribution in [1.82, 2.24) is 20.2 Å². The van der Waals surface area contributed by atoms with Gasteiger partial charge in [-0.2, -0.15) is 5.26 Å². The fraction of sp³-hybridized carbons (Fsp3) is 0.630. The van der Waals surface area contributed by atoms with Crippen LogP contribution in [0.25, 0.3) is 10.9 Å². The van der Waals surface area contributed by atoms with Gasteiger partial charge < -0.3 is 15.2 Å². The number of carbonyl (C=O) groups is 1. The molecule has 2 N–H and O–H groups in total. The number of rotatable bonds is 4. The molecule has 2 aliphatic rings. The fourth-order valence-corrected chi connectivity index (χ4v) is 5.74. The normalized spacial score (nSPS) is 27.8. The number of aromatic nitrogens is 2. The second-order valence-electron chi connectivity index (χ2n) is 11.0. The first-order chi connectivity index (χ1) is 16.1. The molecule has 2 fully saturated rings. The third-order valence-electron chi connectivity index (χ3n) is 8.15. The second-order valence-corrected chi connectivity index (χ2v) is 11.0. The standard InChI is InChI=1S/C27H37N5O2/c1-16-6-7-20(31-25(33)18-8-9-29-24(12-18)27(3,4)15-28)13-21(16)22-11-19-14-30-17(2)10-23(19)32(5)26(22)34/h10-11,14,16,18,20-21,24,29H,6-9,12-13H2,1-5H3,(H,31,33). The summed E-state index contributed by atoms with van der Waals surface area (Å²) in [6.07, 6.45) is 5.97. The average Bonchev–Trinajstić information content (AvgIpc) is 2.83. The van der Waals surface area contributed by atoms with Crippen LogP contribution in [0.1, 0.15) is 70.1 Å². The van der Waals surface area contributed by atoms with Crippen LogP contribution in [0.5, 0.6) is 0 Å². The highest BCUT2D eigenvalue weighted by molar-refractivity contribution is 5.80. The lowest BCUT2D eigenvalue weighted by Crippen LogP contribution is -2.51. The molecule has 4 rings (SSSR count). The molecule has 1 aliphatic carbocycles. The third kappa shape index (κ3) is 4.74. The highest BCUT2D eigenvalue weighted by atomic mass is 16.2. The predicted molar refractivity (Wildman–Crippen MR) is 133 cm³/mol. The number of amides is 1. The molecule has 1 aliphatic heterocycles. The highest BCUT2D eigenvalue weighted by Gasteiger charge is 2.38. The van der Waals surface area contributed by atoms with Crippen LogP contribution in [0.2, 0.25) is 0 Å². The van der Waals surface area contributed by atoms with Gasteiger partial charge in [-0.05, 0) is 83.4 Å². The Morgan fingerprint density at radius 3 is 2.76 bits per heavy atom. The fourth-order valence-electron chi connectivity index (χ4n) is 5.74. The van der Waals surface area contributed by atoms with Gasteiger partial charge in [0.2, 0.25) is 5.91 Å². The molecule has 7 nitrogen and oxygen atoms in total. The quantitative estimate of drug-likeness (QED) is 0.722. The lowest BCUT2D eigenvalue weighted by Gasteiger charge is -2.38. The average molecular weight is 464 g/mol. The molecule has 0 radical (unpaired) electrons. The summed E-state index contributed by atoms with van der Waals surface area (Å²) in [5.74, 6) is 0.474. The van der Waals surface area contributed by atoms with E-state index < -0.39 is 5.41 Å². The van der Waals surface area contributed by atoms with Crippen molar-refractivity contribution in [2.24, 2.45) is 24.3 Å². The Bertz CT molecular complexity index is 1180. The van der Waals surface area contributed by atoms with Crippen LogP contribution < -0.4 is 16.2 Å². The molecular formula is C27H37N5O2. The molecule has 1 saturated heterocycles. The number of nitrogens with zero attached hydrogens (tertiary/aromatic N) is 3. The van der Waals surface area contributed by atoms with E-state index in [1.54, 1.807) is 4.57 Å². The van der Waals surface area contributed by atoms with Crippen LogP contribution in [0.15, 0.2) is 23.1 Å². The number of piperidine rings is 1. The lowest BCUT2D eigenvalue weighted by molar-refractivity contribution is -0.127. The van der Waals surface area contributed by atoms with Crippen molar-refractivity contribution in [3.63, 3.8) is 0 Å². The summed E-state index contributed by atoms with van der Waals surface area (Å²) >= 11 is 0. The predicted octanol–water partition coefficient (Wildman–Crippen LogP) is 3.55. The van der Waals surface area contributed by atoms with Crippen molar-refractivity contribution in [2.45, 2.75) is 77.8 Å². The van der Waals surface area contributed by atoms with Crippen LogP contribution in [0.3, 0.4) is 0 Å². The number of hydrogen-bond acceptors (Lipinski definition) is 5. The van der Waals surface area contributed by atoms with Gasteiger partial charge >= 0.3 is 0 Å². The molecule has 0 spiro atoms. The van der Waals surface area contributed by atoms with E-state index in [4.69, 9.17) is 0 Å². The van der Waals surface area contributed by atoms with Crippen molar-refractivity contribution in [3.8, 4) is 6.07 Å². The zero-order valence-electron chi connectivity index (χ0n) is 21.0. The van der Waals surface area contributed by atoms with Crippen LogP contribution in [-0.2, 0) is 11.8 Å². The van der Waals surface area contributed by atoms with Gasteiger partial charge in [-0.1, -0.05) is 6.92 Å². The SMILES string of the molecule is Cc1cc2c(cn1)cc(C1CC(NC(=O)C3CCNC(C(C)(C)C#N)C3)CCC1C)c(=O)n2C. The second kappa shape index (κ2) is 9.50. The van der Waals surface area contributed by atoms with Crippen molar-refractivity contribution >= 4 is 16.8 Å². The van der Waals surface area contributed by atoms with Crippen molar-refractivity contribution < 1.29 is 4.79 Å². The van der Waals surface area contributed by atoms with E-state index in [0.717, 1.165) is 54.4 Å². The summed E-state index contributed by atoms with van der Waals surface area (Å²) in [7, 11) is 1.83. The number of pyridine rings is 2. The Morgan fingerprint density at radius 2 is 2.03 bits per heavy atom. The van der Waals surface area contributed by atoms with Gasteiger partial charge in [0.25, 0.3) is 5.56 Å². The van der Waals surface area contributed by atoms with Gasteiger partial charge in [0.1, 0.15) is 0 Å². The Morgan fingerprint density at radius 1 is 1.26 bits per heavy atom. The minimum Gasteiger partial charge on any atom is -0.353 e. The molecular weight excluding hydrogens is 426 g/mol. The van der Waals surface area contributed by atoms with Crippen molar-refractivity contribution in [1.29, 1.82) is 5.26 Å². The monoisotopic (exact) mass is 463 g/mol.